The largest absolute Gasteiger partial charge is 0.317 e. The predicted molar refractivity (Wildman–Crippen MR) is 58.6 cm³/mol. The molecule has 0 aliphatic carbocycles. The average Bonchev–Trinajstić information content (AvgIpc) is 2.62. The summed E-state index contributed by atoms with van der Waals surface area (Å²) in [6.45, 7) is 3.29. The molecule has 0 radical (unpaired) electrons. The summed E-state index contributed by atoms with van der Waals surface area (Å²) in [4.78, 5) is 4.10. The summed E-state index contributed by atoms with van der Waals surface area (Å²) < 4.78 is 0. The molecule has 0 aromatic carbocycles. The second kappa shape index (κ2) is 5.82. The van der Waals surface area contributed by atoms with Crippen LogP contribution in [0.5, 0.6) is 0 Å². The van der Waals surface area contributed by atoms with Gasteiger partial charge in [0, 0.05) is 19.0 Å². The van der Waals surface area contributed by atoms with E-state index >= 15 is 0 Å². The summed E-state index contributed by atoms with van der Waals surface area (Å²) in [6, 6.07) is 0.669. The van der Waals surface area contributed by atoms with Crippen LogP contribution in [0, 0.1) is 0 Å². The van der Waals surface area contributed by atoms with E-state index in [4.69, 9.17) is 0 Å². The van der Waals surface area contributed by atoms with Gasteiger partial charge in [0.2, 0.25) is 0 Å². The number of rotatable bonds is 4. The lowest BCUT2D eigenvalue weighted by Crippen LogP contribution is -2.31. The molecule has 1 aromatic rings. The summed E-state index contributed by atoms with van der Waals surface area (Å²) in [5.41, 5.74) is 0. The van der Waals surface area contributed by atoms with Crippen molar-refractivity contribution in [3.05, 3.63) is 12.2 Å². The average molecular weight is 209 g/mol. The minimum atomic E-state index is 0.669. The van der Waals surface area contributed by atoms with Gasteiger partial charge in [-0.3, -0.25) is 5.10 Å². The Kier molecular flexibility index (Phi) is 4.11. The van der Waals surface area contributed by atoms with Crippen LogP contribution in [0.2, 0.25) is 0 Å². The first-order chi connectivity index (χ1) is 7.45. The lowest BCUT2D eigenvalue weighted by atomic mass is 10.1. The molecule has 1 unspecified atom stereocenters. The molecule has 0 saturated carbocycles. The van der Waals surface area contributed by atoms with Crippen LogP contribution in [0.15, 0.2) is 6.33 Å². The van der Waals surface area contributed by atoms with E-state index in [1.807, 2.05) is 0 Å². The zero-order valence-electron chi connectivity index (χ0n) is 9.00. The first-order valence-electron chi connectivity index (χ1n) is 5.73. The Morgan fingerprint density at radius 1 is 1.40 bits per heavy atom. The van der Waals surface area contributed by atoms with Gasteiger partial charge in [0.15, 0.2) is 0 Å². The van der Waals surface area contributed by atoms with Gasteiger partial charge in [-0.15, -0.1) is 0 Å². The first kappa shape index (κ1) is 10.6. The molecule has 15 heavy (non-hydrogen) atoms. The monoisotopic (exact) mass is 209 g/mol. The number of hydrogen-bond acceptors (Lipinski definition) is 4. The molecule has 5 nitrogen and oxygen atoms in total. The van der Waals surface area contributed by atoms with Crippen molar-refractivity contribution in [3.8, 4) is 0 Å². The normalized spacial score (nSPS) is 22.5. The number of aromatic nitrogens is 3. The highest BCUT2D eigenvalue weighted by Crippen LogP contribution is 2.04. The molecular formula is C10H19N5. The smallest absolute Gasteiger partial charge is 0.137 e. The quantitative estimate of drug-likeness (QED) is 0.657. The molecule has 5 heteroatoms. The highest BCUT2D eigenvalue weighted by Gasteiger charge is 2.10. The molecule has 84 valence electrons. The van der Waals surface area contributed by atoms with Crippen molar-refractivity contribution in [3.63, 3.8) is 0 Å². The topological polar surface area (TPSA) is 65.6 Å². The van der Waals surface area contributed by atoms with Gasteiger partial charge in [-0.1, -0.05) is 0 Å². The fourth-order valence-corrected chi connectivity index (χ4v) is 1.97. The van der Waals surface area contributed by atoms with Crippen LogP contribution in [0.25, 0.3) is 0 Å². The SMILES string of the molecule is c1n[nH]c(CCNC2CCCNCC2)n1. The van der Waals surface area contributed by atoms with Crippen LogP contribution in [-0.4, -0.2) is 40.9 Å². The maximum absolute atomic E-state index is 4.10. The molecule has 3 N–H and O–H groups in total. The number of aromatic amines is 1. The van der Waals surface area contributed by atoms with E-state index in [2.05, 4.69) is 25.8 Å². The molecule has 1 atom stereocenters. The first-order valence-corrected chi connectivity index (χ1v) is 5.73. The lowest BCUT2D eigenvalue weighted by Gasteiger charge is -2.14. The summed E-state index contributed by atoms with van der Waals surface area (Å²) in [5.74, 6) is 0.967. The van der Waals surface area contributed by atoms with E-state index in [1.165, 1.54) is 25.8 Å². The zero-order valence-corrected chi connectivity index (χ0v) is 9.00. The predicted octanol–water partition coefficient (Wildman–Crippen LogP) is 0.0789. The third kappa shape index (κ3) is 3.60. The maximum Gasteiger partial charge on any atom is 0.137 e. The maximum atomic E-state index is 4.10. The van der Waals surface area contributed by atoms with E-state index < -0.39 is 0 Å². The zero-order chi connectivity index (χ0) is 10.3. The van der Waals surface area contributed by atoms with E-state index in [1.54, 1.807) is 6.33 Å². The number of nitrogens with zero attached hydrogens (tertiary/aromatic N) is 2. The van der Waals surface area contributed by atoms with Gasteiger partial charge in [0.1, 0.15) is 12.2 Å². The van der Waals surface area contributed by atoms with E-state index in [-0.39, 0.29) is 0 Å². The summed E-state index contributed by atoms with van der Waals surface area (Å²) in [6.07, 6.45) is 6.29. The van der Waals surface area contributed by atoms with Crippen molar-refractivity contribution in [2.24, 2.45) is 0 Å². The summed E-state index contributed by atoms with van der Waals surface area (Å²) in [7, 11) is 0. The van der Waals surface area contributed by atoms with Crippen LogP contribution in [0.4, 0.5) is 0 Å². The number of hydrogen-bond donors (Lipinski definition) is 3. The molecule has 0 bridgehead atoms. The van der Waals surface area contributed by atoms with E-state index in [0.717, 1.165) is 25.3 Å². The second-order valence-corrected chi connectivity index (χ2v) is 4.01. The van der Waals surface area contributed by atoms with Gasteiger partial charge in [-0.25, -0.2) is 4.98 Å². The van der Waals surface area contributed by atoms with Crippen LogP contribution < -0.4 is 10.6 Å². The van der Waals surface area contributed by atoms with E-state index in [0.29, 0.717) is 6.04 Å². The highest BCUT2D eigenvalue weighted by molar-refractivity contribution is 4.82. The summed E-state index contributed by atoms with van der Waals surface area (Å²) >= 11 is 0. The molecule has 1 fully saturated rings. The van der Waals surface area contributed by atoms with Gasteiger partial charge in [0.25, 0.3) is 0 Å². The van der Waals surface area contributed by atoms with Crippen LogP contribution >= 0.6 is 0 Å². The van der Waals surface area contributed by atoms with Crippen LogP contribution in [0.3, 0.4) is 0 Å². The van der Waals surface area contributed by atoms with Crippen molar-refractivity contribution in [2.45, 2.75) is 31.7 Å². The molecule has 1 aliphatic heterocycles. The fraction of sp³-hybridized carbons (Fsp3) is 0.800. The van der Waals surface area contributed by atoms with Crippen LogP contribution in [0.1, 0.15) is 25.1 Å². The van der Waals surface area contributed by atoms with Crippen molar-refractivity contribution >= 4 is 0 Å². The standard InChI is InChI=1S/C10H19N5/c1-2-9(3-6-11-5-1)12-7-4-10-13-8-14-15-10/h8-9,11-12H,1-7H2,(H,13,14,15). The third-order valence-corrected chi connectivity index (χ3v) is 2.84. The van der Waals surface area contributed by atoms with Gasteiger partial charge in [0.05, 0.1) is 0 Å². The second-order valence-electron chi connectivity index (χ2n) is 4.01. The minimum Gasteiger partial charge on any atom is -0.317 e. The molecule has 1 aromatic heterocycles. The molecule has 2 heterocycles. The molecule has 1 aliphatic rings. The highest BCUT2D eigenvalue weighted by atomic mass is 15.2. The van der Waals surface area contributed by atoms with Gasteiger partial charge >= 0.3 is 0 Å². The Hall–Kier alpha value is -0.940. The van der Waals surface area contributed by atoms with Crippen LogP contribution in [-0.2, 0) is 6.42 Å². The third-order valence-electron chi connectivity index (χ3n) is 2.84. The fourth-order valence-electron chi connectivity index (χ4n) is 1.97. The van der Waals surface area contributed by atoms with E-state index in [9.17, 15) is 0 Å². The Morgan fingerprint density at radius 2 is 2.40 bits per heavy atom. The van der Waals surface area contributed by atoms with Crippen molar-refractivity contribution in [1.82, 2.24) is 25.8 Å². The Labute approximate surface area is 90.1 Å². The number of nitrogens with one attached hydrogen (secondary N) is 3. The Balaban J connectivity index is 1.64. The molecule has 0 amide bonds. The van der Waals surface area contributed by atoms with Gasteiger partial charge in [-0.2, -0.15) is 5.10 Å². The Bertz CT molecular complexity index is 251. The van der Waals surface area contributed by atoms with Crippen molar-refractivity contribution in [1.29, 1.82) is 0 Å². The van der Waals surface area contributed by atoms with Gasteiger partial charge < -0.3 is 10.6 Å². The minimum absolute atomic E-state index is 0.669. The molecule has 1 saturated heterocycles. The molecule has 2 rings (SSSR count). The van der Waals surface area contributed by atoms with Crippen molar-refractivity contribution in [2.75, 3.05) is 19.6 Å². The van der Waals surface area contributed by atoms with Crippen molar-refractivity contribution < 1.29 is 0 Å². The molecular weight excluding hydrogens is 190 g/mol. The molecule has 0 spiro atoms. The lowest BCUT2D eigenvalue weighted by molar-refractivity contribution is 0.470. The number of H-pyrrole nitrogens is 1. The van der Waals surface area contributed by atoms with Gasteiger partial charge in [-0.05, 0) is 32.4 Å². The Morgan fingerprint density at radius 3 is 3.27 bits per heavy atom. The summed E-state index contributed by atoms with van der Waals surface area (Å²) in [5, 5.41) is 13.7.